The molecule has 2 aromatic rings. The standard InChI is InChI=1S/C19H21N5O3S/c1-11(2)10-23-16(26)13-6-4-5-7-14(13)24-15(25)8-9-19(23,24)17(27)20-18-22-21-12(3)28-18/h4-7,11H,8-10H2,1-3H3,(H,20,22,27). The molecular weight excluding hydrogens is 378 g/mol. The molecule has 9 heteroatoms. The molecule has 0 radical (unpaired) electrons. The van der Waals surface area contributed by atoms with E-state index < -0.39 is 11.6 Å². The summed E-state index contributed by atoms with van der Waals surface area (Å²) in [5.41, 5.74) is -0.473. The monoisotopic (exact) mass is 399 g/mol. The lowest BCUT2D eigenvalue weighted by atomic mass is 9.94. The summed E-state index contributed by atoms with van der Waals surface area (Å²) < 4.78 is 0. The number of nitrogens with one attached hydrogen (secondary N) is 1. The second-order valence-corrected chi connectivity index (χ2v) is 8.63. The van der Waals surface area contributed by atoms with Crippen LogP contribution in [0.25, 0.3) is 0 Å². The molecule has 146 valence electrons. The first-order valence-corrected chi connectivity index (χ1v) is 10.0. The molecule has 1 fully saturated rings. The molecule has 8 nitrogen and oxygen atoms in total. The first-order valence-electron chi connectivity index (χ1n) is 9.20. The number of benzene rings is 1. The summed E-state index contributed by atoms with van der Waals surface area (Å²) in [7, 11) is 0. The number of anilines is 2. The Labute approximate surface area is 166 Å². The molecule has 0 bridgehead atoms. The lowest BCUT2D eigenvalue weighted by Crippen LogP contribution is -2.69. The van der Waals surface area contributed by atoms with Crippen molar-refractivity contribution in [1.29, 1.82) is 0 Å². The molecule has 0 spiro atoms. The summed E-state index contributed by atoms with van der Waals surface area (Å²) in [6, 6.07) is 6.96. The Morgan fingerprint density at radius 2 is 2.04 bits per heavy atom. The van der Waals surface area contributed by atoms with E-state index in [-0.39, 0.29) is 30.6 Å². The van der Waals surface area contributed by atoms with Crippen LogP contribution in [-0.2, 0) is 9.59 Å². The summed E-state index contributed by atoms with van der Waals surface area (Å²) >= 11 is 1.25. The van der Waals surface area contributed by atoms with Crippen molar-refractivity contribution in [3.8, 4) is 0 Å². The fourth-order valence-electron chi connectivity index (χ4n) is 3.94. The van der Waals surface area contributed by atoms with Crippen molar-refractivity contribution < 1.29 is 14.4 Å². The van der Waals surface area contributed by atoms with Gasteiger partial charge in [0.25, 0.3) is 11.8 Å². The quantitative estimate of drug-likeness (QED) is 0.852. The van der Waals surface area contributed by atoms with E-state index in [9.17, 15) is 14.4 Å². The molecule has 0 saturated carbocycles. The summed E-state index contributed by atoms with van der Waals surface area (Å²) in [6.07, 6.45) is 0.432. The largest absolute Gasteiger partial charge is 0.307 e. The van der Waals surface area contributed by atoms with E-state index in [2.05, 4.69) is 15.5 Å². The number of amides is 3. The number of nitrogens with zero attached hydrogens (tertiary/aromatic N) is 4. The van der Waals surface area contributed by atoms with E-state index in [0.29, 0.717) is 22.9 Å². The van der Waals surface area contributed by atoms with Crippen LogP contribution in [0, 0.1) is 12.8 Å². The third kappa shape index (κ3) is 2.69. The molecule has 3 heterocycles. The van der Waals surface area contributed by atoms with Gasteiger partial charge >= 0.3 is 0 Å². The summed E-state index contributed by atoms with van der Waals surface area (Å²) in [5.74, 6) is -0.714. The van der Waals surface area contributed by atoms with Crippen molar-refractivity contribution in [2.24, 2.45) is 5.92 Å². The minimum Gasteiger partial charge on any atom is -0.307 e. The van der Waals surface area contributed by atoms with E-state index in [1.807, 2.05) is 13.8 Å². The Bertz CT molecular complexity index is 972. The Kier molecular flexibility index (Phi) is 4.41. The van der Waals surface area contributed by atoms with Crippen LogP contribution < -0.4 is 10.2 Å². The number of aromatic nitrogens is 2. The van der Waals surface area contributed by atoms with Gasteiger partial charge in [-0.3, -0.25) is 24.6 Å². The minimum absolute atomic E-state index is 0.125. The second kappa shape index (κ2) is 6.66. The molecule has 1 aromatic heterocycles. The predicted octanol–water partition coefficient (Wildman–Crippen LogP) is 2.42. The molecule has 0 aliphatic carbocycles. The van der Waals surface area contributed by atoms with Crippen LogP contribution in [-0.4, -0.2) is 45.0 Å². The Morgan fingerprint density at radius 1 is 1.29 bits per heavy atom. The normalized spacial score (nSPS) is 21.1. The van der Waals surface area contributed by atoms with Gasteiger partial charge in [0.15, 0.2) is 0 Å². The topological polar surface area (TPSA) is 95.5 Å². The molecule has 2 aliphatic rings. The first kappa shape index (κ1) is 18.5. The molecular formula is C19H21N5O3S. The average molecular weight is 399 g/mol. The van der Waals surface area contributed by atoms with Crippen LogP contribution in [0.15, 0.2) is 24.3 Å². The minimum atomic E-state index is -1.40. The number of carbonyl (C=O) groups is 3. The molecule has 2 aliphatic heterocycles. The number of hydrogen-bond donors (Lipinski definition) is 1. The van der Waals surface area contributed by atoms with Gasteiger partial charge in [0, 0.05) is 19.4 Å². The van der Waals surface area contributed by atoms with Gasteiger partial charge in [-0.2, -0.15) is 0 Å². The fourth-order valence-corrected chi connectivity index (χ4v) is 4.53. The molecule has 1 aromatic carbocycles. The lowest BCUT2D eigenvalue weighted by Gasteiger charge is -2.49. The van der Waals surface area contributed by atoms with Crippen LogP contribution in [0.3, 0.4) is 0 Å². The van der Waals surface area contributed by atoms with Gasteiger partial charge in [0.1, 0.15) is 5.01 Å². The van der Waals surface area contributed by atoms with Gasteiger partial charge < -0.3 is 4.90 Å². The number of aryl methyl sites for hydroxylation is 1. The molecule has 1 N–H and O–H groups in total. The van der Waals surface area contributed by atoms with E-state index >= 15 is 0 Å². The Balaban J connectivity index is 1.85. The van der Waals surface area contributed by atoms with Crippen LogP contribution >= 0.6 is 11.3 Å². The summed E-state index contributed by atoms with van der Waals surface area (Å²) in [5, 5.41) is 11.7. The van der Waals surface area contributed by atoms with Crippen LogP contribution in [0.1, 0.15) is 42.1 Å². The van der Waals surface area contributed by atoms with Crippen molar-refractivity contribution in [2.45, 2.75) is 39.3 Å². The van der Waals surface area contributed by atoms with Crippen molar-refractivity contribution in [3.05, 3.63) is 34.8 Å². The molecule has 1 saturated heterocycles. The molecule has 1 unspecified atom stereocenters. The highest BCUT2D eigenvalue weighted by Crippen LogP contribution is 2.45. The maximum Gasteiger partial charge on any atom is 0.273 e. The maximum absolute atomic E-state index is 13.5. The smallest absolute Gasteiger partial charge is 0.273 e. The zero-order chi connectivity index (χ0) is 20.1. The third-order valence-electron chi connectivity index (χ3n) is 5.03. The van der Waals surface area contributed by atoms with Gasteiger partial charge in [-0.15, -0.1) is 10.2 Å². The lowest BCUT2D eigenvalue weighted by molar-refractivity contribution is -0.129. The molecule has 28 heavy (non-hydrogen) atoms. The van der Waals surface area contributed by atoms with Gasteiger partial charge in [0.2, 0.25) is 16.7 Å². The van der Waals surface area contributed by atoms with Crippen LogP contribution in [0.5, 0.6) is 0 Å². The van der Waals surface area contributed by atoms with Crippen LogP contribution in [0.2, 0.25) is 0 Å². The maximum atomic E-state index is 13.5. The number of para-hydroxylation sites is 1. The van der Waals surface area contributed by atoms with Crippen molar-refractivity contribution in [3.63, 3.8) is 0 Å². The van der Waals surface area contributed by atoms with Crippen LogP contribution in [0.4, 0.5) is 10.8 Å². The number of fused-ring (bicyclic) bond motifs is 3. The number of rotatable bonds is 4. The third-order valence-corrected chi connectivity index (χ3v) is 5.79. The average Bonchev–Trinajstić information content (AvgIpc) is 3.22. The predicted molar refractivity (Wildman–Crippen MR) is 105 cm³/mol. The van der Waals surface area contributed by atoms with E-state index in [0.717, 1.165) is 5.01 Å². The Hall–Kier alpha value is -2.81. The molecule has 1 atom stereocenters. The molecule has 4 rings (SSSR count). The van der Waals surface area contributed by atoms with Crippen molar-refractivity contribution in [1.82, 2.24) is 15.1 Å². The zero-order valence-electron chi connectivity index (χ0n) is 15.9. The van der Waals surface area contributed by atoms with Gasteiger partial charge in [-0.1, -0.05) is 37.3 Å². The van der Waals surface area contributed by atoms with Gasteiger partial charge in [0.05, 0.1) is 11.3 Å². The molecule has 3 amide bonds. The zero-order valence-corrected chi connectivity index (χ0v) is 16.7. The van der Waals surface area contributed by atoms with E-state index in [1.165, 1.54) is 16.2 Å². The second-order valence-electron chi connectivity index (χ2n) is 7.45. The SMILES string of the molecule is Cc1nnc(NC(=O)C23CCC(=O)N2c2ccccc2C(=O)N3CC(C)C)s1. The summed E-state index contributed by atoms with van der Waals surface area (Å²) in [4.78, 5) is 42.8. The first-order chi connectivity index (χ1) is 13.3. The number of carbonyl (C=O) groups excluding carboxylic acids is 3. The van der Waals surface area contributed by atoms with Crippen molar-refractivity contribution in [2.75, 3.05) is 16.8 Å². The highest BCUT2D eigenvalue weighted by atomic mass is 32.1. The fraction of sp³-hybridized carbons (Fsp3) is 0.421. The number of hydrogen-bond acceptors (Lipinski definition) is 6. The van der Waals surface area contributed by atoms with E-state index in [1.54, 1.807) is 36.1 Å². The highest BCUT2D eigenvalue weighted by Gasteiger charge is 2.60. The Morgan fingerprint density at radius 3 is 2.71 bits per heavy atom. The summed E-state index contributed by atoms with van der Waals surface area (Å²) in [6.45, 7) is 6.12. The van der Waals surface area contributed by atoms with Gasteiger partial charge in [-0.05, 0) is 25.0 Å². The highest BCUT2D eigenvalue weighted by molar-refractivity contribution is 7.15. The van der Waals surface area contributed by atoms with Gasteiger partial charge in [-0.25, -0.2) is 0 Å². The van der Waals surface area contributed by atoms with E-state index in [4.69, 9.17) is 0 Å². The van der Waals surface area contributed by atoms with Crippen molar-refractivity contribution >= 4 is 39.9 Å².